The van der Waals surface area contributed by atoms with E-state index >= 15 is 0 Å². The molecule has 2 amide bonds. The lowest BCUT2D eigenvalue weighted by atomic mass is 10.1. The molecule has 14 rings (SSSR count). The third-order valence-electron chi connectivity index (χ3n) is 17.1. The number of methoxy groups -OCH3 is 1. The zero-order valence-corrected chi connectivity index (χ0v) is 80.6. The number of rotatable bonds is 12. The standard InChI is InChI=1S/C11H15N3O2.C9H10O3.C8H7F3O.C8H10N2O.C8H7NO4.C8H11NO2S.C8H10O.C7H6Cl2.C7H7Cl.C7H6F2.C7H7F.C7H8O2.C7H8O/c1-9-2-3-10(11(8-9)14(15)16)13-6-4-12-5-7-13;1-7-2-4-8(5-3-7)12-6-9(10)11;1-6-2-4-7(5-3-6)12-8(9,10)11;1-6-3-2-4-7(5-6)10-8(9)11;1-5-2-6(8(10)11)4-7(3-5)9(12)13;1-7-4-3-5-8(6-7)9-12(2,10)11;1-7-3-5-8(9-2)6-4-7;1-5-2-3-6(8)4-7(5)9;1-6-3-2-4-7(8)5-6;1-5-2-3-6(8)7(9)4-5;1-6-2-4-7(8)5-3-6;1-5-2-6(8)4-7(9)3-5;1-6-3-2-4-7(8)5-6/h2-3,8,12H,4-7H2,1H3;2-5H,6H2,1H3,(H,10,11);2-5H,1H3;2-5H,1H3,(H3,9,10,11);2-4H,1H3,(H,10,11);3-6,9H,1-2H3;3-6H,1-2H3;2-4H,1H3;2-5H,1H3;2-4H,1H3;2-5H,1H3;2-4,8-9H,1H3;2-5,8H,1H3. The lowest BCUT2D eigenvalue weighted by Crippen LogP contribution is -2.43. The van der Waals surface area contributed by atoms with Crippen LogP contribution < -0.4 is 40.2 Å². The number of alkyl halides is 3. The van der Waals surface area contributed by atoms with Gasteiger partial charge in [0, 0.05) is 76.9 Å². The number of aromatic carboxylic acids is 1. The number of piperazine rings is 1. The normalized spacial score (nSPS) is 10.5. The summed E-state index contributed by atoms with van der Waals surface area (Å²) in [7, 11) is -1.47. The number of sulfonamides is 1. The maximum Gasteiger partial charge on any atom is 0.573 e. The van der Waals surface area contributed by atoms with Gasteiger partial charge in [-0.1, -0.05) is 172 Å². The molecule has 0 aromatic heterocycles. The van der Waals surface area contributed by atoms with Gasteiger partial charge in [-0.2, -0.15) is 0 Å². The number of non-ortho nitro benzene ring substituents is 1. The molecule has 0 saturated carbocycles. The highest BCUT2D eigenvalue weighted by atomic mass is 35.5. The van der Waals surface area contributed by atoms with E-state index in [-0.39, 0.29) is 51.5 Å². The van der Waals surface area contributed by atoms with Gasteiger partial charge in [0.25, 0.3) is 11.4 Å². The van der Waals surface area contributed by atoms with E-state index in [9.17, 15) is 69.4 Å². The number of nitrogens with zero attached hydrogens (tertiary/aromatic N) is 3. The summed E-state index contributed by atoms with van der Waals surface area (Å²) in [4.78, 5) is 53.5. The fourth-order valence-corrected chi connectivity index (χ4v) is 11.8. The molecule has 0 radical (unpaired) electrons. The molecule has 0 bridgehead atoms. The number of nitrogens with two attached hydrogens (primary N) is 1. The van der Waals surface area contributed by atoms with Gasteiger partial charge in [0.2, 0.25) is 10.0 Å². The first-order chi connectivity index (χ1) is 63.8. The van der Waals surface area contributed by atoms with Gasteiger partial charge >= 0.3 is 24.3 Å². The van der Waals surface area contributed by atoms with Crippen molar-refractivity contribution >= 4 is 91.2 Å². The fraction of sp³-hybridized carbons (Fsp3) is 0.206. The zero-order valence-electron chi connectivity index (χ0n) is 77.5. The van der Waals surface area contributed by atoms with Gasteiger partial charge in [0.1, 0.15) is 46.0 Å². The minimum absolute atomic E-state index is 0.0632. The lowest BCUT2D eigenvalue weighted by Gasteiger charge is -2.29. The number of urea groups is 1. The second-order valence-corrected chi connectivity index (χ2v) is 32.9. The van der Waals surface area contributed by atoms with Crippen molar-refractivity contribution in [2.24, 2.45) is 5.73 Å². The van der Waals surface area contributed by atoms with Crippen LogP contribution in [0, 0.1) is 128 Å². The van der Waals surface area contributed by atoms with Gasteiger partial charge in [-0.25, -0.2) is 36.0 Å². The average molecular weight is 1960 g/mol. The number of hydrogen-bond acceptors (Lipinski definition) is 17. The largest absolute Gasteiger partial charge is 0.573 e. The van der Waals surface area contributed by atoms with Gasteiger partial charge in [0.15, 0.2) is 18.2 Å². The number of phenols is 3. The second kappa shape index (κ2) is 62.2. The molecule has 0 spiro atoms. The summed E-state index contributed by atoms with van der Waals surface area (Å²) < 4.78 is 109. The number of phenolic OH excluding ortho intramolecular Hbond substituents is 3. The highest BCUT2D eigenvalue weighted by Gasteiger charge is 2.31. The highest BCUT2D eigenvalue weighted by Crippen LogP contribution is 2.30. The van der Waals surface area contributed by atoms with Crippen LogP contribution in [0.4, 0.5) is 59.6 Å². The van der Waals surface area contributed by atoms with Gasteiger partial charge in [-0.05, 0) is 286 Å². The van der Waals surface area contributed by atoms with Gasteiger partial charge in [-0.3, -0.25) is 25.0 Å². The molecular weight excluding hydrogens is 1850 g/mol. The molecule has 0 aliphatic carbocycles. The molecular formula is C102H112Cl3F6N7O17S. The Morgan fingerprint density at radius 2 is 0.904 bits per heavy atom. The molecule has 726 valence electrons. The van der Waals surface area contributed by atoms with Crippen LogP contribution in [0.1, 0.15) is 82.7 Å². The summed E-state index contributed by atoms with van der Waals surface area (Å²) in [5.74, 6) is -2.00. The number of aromatic hydroxyl groups is 3. The van der Waals surface area contributed by atoms with Crippen molar-refractivity contribution in [2.75, 3.05) is 61.1 Å². The van der Waals surface area contributed by atoms with Crippen LogP contribution in [0.3, 0.4) is 0 Å². The van der Waals surface area contributed by atoms with Crippen molar-refractivity contribution < 1.29 is 98.7 Å². The summed E-state index contributed by atoms with van der Waals surface area (Å²) in [6.07, 6.45) is -3.47. The maximum absolute atomic E-state index is 12.2. The van der Waals surface area contributed by atoms with E-state index in [0.717, 1.165) is 133 Å². The number of primary amides is 1. The number of carbonyl (C=O) groups excluding carboxylic acids is 1. The molecule has 24 nitrogen and oxygen atoms in total. The van der Waals surface area contributed by atoms with Crippen LogP contribution in [0.15, 0.2) is 285 Å². The predicted molar refractivity (Wildman–Crippen MR) is 529 cm³/mol. The molecule has 136 heavy (non-hydrogen) atoms. The predicted octanol–water partition coefficient (Wildman–Crippen LogP) is 25.6. The topological polar surface area (TPSA) is 366 Å². The number of halogens is 9. The van der Waals surface area contributed by atoms with E-state index in [1.807, 2.05) is 183 Å². The van der Waals surface area contributed by atoms with Crippen LogP contribution in [-0.4, -0.2) is 114 Å². The highest BCUT2D eigenvalue weighted by molar-refractivity contribution is 7.92. The Kier molecular flexibility index (Phi) is 53.8. The number of carboxylic acid groups (broad SMARTS) is 2. The molecule has 0 atom stereocenters. The molecule has 34 heteroatoms. The quantitative estimate of drug-likeness (QED) is 0.0312. The Hall–Kier alpha value is -14.4. The molecule has 1 heterocycles. The van der Waals surface area contributed by atoms with Crippen LogP contribution in [-0.2, 0) is 14.8 Å². The smallest absolute Gasteiger partial charge is 0.508 e. The third-order valence-corrected chi connectivity index (χ3v) is 18.5. The number of ether oxygens (including phenoxy) is 3. The molecule has 1 aliphatic heterocycles. The number of aryl methyl sites for hydroxylation is 13. The lowest BCUT2D eigenvalue weighted by molar-refractivity contribution is -0.385. The van der Waals surface area contributed by atoms with E-state index in [0.29, 0.717) is 27.8 Å². The number of hydrogen-bond donors (Lipinski definition) is 9. The average Bonchev–Trinajstić information content (AvgIpc) is 0.822. The number of carbonyl (C=O) groups is 3. The first-order valence-corrected chi connectivity index (χ1v) is 44.0. The second-order valence-electron chi connectivity index (χ2n) is 29.9. The van der Waals surface area contributed by atoms with Crippen LogP contribution >= 0.6 is 34.8 Å². The van der Waals surface area contributed by atoms with Crippen molar-refractivity contribution in [3.63, 3.8) is 0 Å². The number of carboxylic acids is 2. The Bertz CT molecular complexity index is 5760. The van der Waals surface area contributed by atoms with Crippen LogP contribution in [0.25, 0.3) is 0 Å². The Balaban J connectivity index is 0.000000501. The summed E-state index contributed by atoms with van der Waals surface area (Å²) in [6.45, 7) is 27.6. The fourth-order valence-electron chi connectivity index (χ4n) is 10.6. The number of benzene rings is 13. The number of nitrogens with one attached hydrogen (secondary N) is 3. The third kappa shape index (κ3) is 55.8. The summed E-state index contributed by atoms with van der Waals surface area (Å²) in [5, 5.41) is 72.6. The van der Waals surface area contributed by atoms with E-state index in [2.05, 4.69) is 31.9 Å². The minimum Gasteiger partial charge on any atom is -0.508 e. The van der Waals surface area contributed by atoms with E-state index < -0.39 is 50.9 Å². The SMILES string of the molecule is COc1ccc(C)cc1.Cc1cc(C(=O)O)cc([N+](=O)[O-])c1.Cc1cc(O)cc(O)c1.Cc1ccc(Cl)cc1Cl.Cc1ccc(F)c(F)c1.Cc1ccc(F)cc1.Cc1ccc(N2CCNCC2)c([N+](=O)[O-])c1.Cc1ccc(OC(F)(F)F)cc1.Cc1ccc(OCC(=O)O)cc1.Cc1cccc(Cl)c1.Cc1cccc(NC(N)=O)c1.Cc1cccc(NS(C)(=O)=O)c1.Cc1cccc(O)c1. The van der Waals surface area contributed by atoms with Crippen LogP contribution in [0.5, 0.6) is 34.5 Å². The summed E-state index contributed by atoms with van der Waals surface area (Å²) in [6, 6.07) is 79.2. The zero-order chi connectivity index (χ0) is 102. The molecule has 1 fully saturated rings. The Morgan fingerprint density at radius 3 is 1.30 bits per heavy atom. The van der Waals surface area contributed by atoms with Crippen molar-refractivity contribution in [3.8, 4) is 34.5 Å². The molecule has 10 N–H and O–H groups in total. The number of nitro groups is 2. The van der Waals surface area contributed by atoms with Gasteiger partial charge in [-0.15, -0.1) is 13.2 Å². The summed E-state index contributed by atoms with van der Waals surface area (Å²) >= 11 is 17.0. The van der Waals surface area contributed by atoms with Gasteiger partial charge < -0.3 is 61.0 Å². The number of amides is 2. The molecule has 0 unspecified atom stereocenters. The Labute approximate surface area is 803 Å². The van der Waals surface area contributed by atoms with E-state index in [1.165, 1.54) is 59.7 Å². The Morgan fingerprint density at radius 1 is 0.471 bits per heavy atom. The molecule has 13 aromatic carbocycles. The first kappa shape index (κ1) is 118. The van der Waals surface area contributed by atoms with Crippen molar-refractivity contribution in [2.45, 2.75) is 96.4 Å². The van der Waals surface area contributed by atoms with Crippen molar-refractivity contribution in [3.05, 3.63) is 416 Å². The van der Waals surface area contributed by atoms with E-state index in [4.69, 9.17) is 75.5 Å². The van der Waals surface area contributed by atoms with Crippen LogP contribution in [0.2, 0.25) is 15.1 Å². The summed E-state index contributed by atoms with van der Waals surface area (Å²) in [5.41, 5.74) is 19.9. The van der Waals surface area contributed by atoms with E-state index in [1.54, 1.807) is 126 Å². The van der Waals surface area contributed by atoms with Gasteiger partial charge in [0.05, 0.1) is 28.8 Å². The molecule has 13 aromatic rings. The number of anilines is 3. The minimum atomic E-state index is -4.60. The maximum atomic E-state index is 12.2. The van der Waals surface area contributed by atoms with Crippen molar-refractivity contribution in [1.82, 2.24) is 5.32 Å². The molecule has 1 aliphatic rings. The first-order valence-electron chi connectivity index (χ1n) is 41.0. The number of nitro benzene ring substituents is 2. The molecule has 1 saturated heterocycles. The number of aliphatic carboxylic acids is 1. The monoisotopic (exact) mass is 1960 g/mol. The van der Waals surface area contributed by atoms with Crippen molar-refractivity contribution in [1.29, 1.82) is 0 Å².